The van der Waals surface area contributed by atoms with Crippen LogP contribution in [0.25, 0.3) is 11.0 Å². The lowest BCUT2D eigenvalue weighted by atomic mass is 10.2. The van der Waals surface area contributed by atoms with Crippen LogP contribution in [0.5, 0.6) is 0 Å². The van der Waals surface area contributed by atoms with E-state index in [1.165, 1.54) is 0 Å². The van der Waals surface area contributed by atoms with Crippen LogP contribution >= 0.6 is 11.6 Å². The van der Waals surface area contributed by atoms with E-state index >= 15 is 0 Å². The zero-order valence-corrected chi connectivity index (χ0v) is 9.43. The van der Waals surface area contributed by atoms with Gasteiger partial charge in [0.1, 0.15) is 5.82 Å². The van der Waals surface area contributed by atoms with Crippen molar-refractivity contribution in [3.63, 3.8) is 0 Å². The summed E-state index contributed by atoms with van der Waals surface area (Å²) in [6.45, 7) is 2.68. The lowest BCUT2D eigenvalue weighted by molar-refractivity contribution is 0.796. The number of aromatic nitrogens is 2. The zero-order chi connectivity index (χ0) is 10.8. The molecule has 0 atom stereocenters. The van der Waals surface area contributed by atoms with Gasteiger partial charge in [0.05, 0.1) is 11.0 Å². The Labute approximate surface area is 93.6 Å². The minimum atomic E-state index is 0.691. The summed E-state index contributed by atoms with van der Waals surface area (Å²) in [6, 6.07) is 3.85. The number of halogens is 1. The summed E-state index contributed by atoms with van der Waals surface area (Å²) >= 11 is 6.03. The highest BCUT2D eigenvalue weighted by molar-refractivity contribution is 6.32. The molecule has 1 aromatic heterocycles. The predicted molar refractivity (Wildman–Crippen MR) is 63.2 cm³/mol. The molecule has 2 rings (SSSR count). The first-order valence-electron chi connectivity index (χ1n) is 5.06. The van der Waals surface area contributed by atoms with Crippen LogP contribution in [0, 0.1) is 6.92 Å². The molecule has 1 aromatic carbocycles. The minimum Gasteiger partial charge on any atom is -0.342 e. The Morgan fingerprint density at radius 1 is 1.47 bits per heavy atom. The van der Waals surface area contributed by atoms with E-state index in [1.54, 1.807) is 0 Å². The summed E-state index contributed by atoms with van der Waals surface area (Å²) in [5.74, 6) is 0.987. The molecule has 0 aliphatic rings. The fourth-order valence-corrected chi connectivity index (χ4v) is 1.78. The molecule has 0 radical (unpaired) electrons. The largest absolute Gasteiger partial charge is 0.342 e. The van der Waals surface area contributed by atoms with E-state index in [2.05, 4.69) is 9.97 Å². The third-order valence-electron chi connectivity index (χ3n) is 2.51. The molecule has 3 N–H and O–H groups in total. The van der Waals surface area contributed by atoms with Gasteiger partial charge in [0.15, 0.2) is 0 Å². The predicted octanol–water partition coefficient (Wildman–Crippen LogP) is 2.42. The van der Waals surface area contributed by atoms with Crippen molar-refractivity contribution in [2.45, 2.75) is 19.8 Å². The van der Waals surface area contributed by atoms with Crippen molar-refractivity contribution < 1.29 is 0 Å². The van der Waals surface area contributed by atoms with E-state index in [0.717, 1.165) is 40.3 Å². The fraction of sp³-hybridized carbons (Fsp3) is 0.364. The molecule has 0 aliphatic heterocycles. The summed E-state index contributed by atoms with van der Waals surface area (Å²) in [5, 5.41) is 0.763. The third kappa shape index (κ3) is 1.98. The maximum absolute atomic E-state index is 6.03. The average Bonchev–Trinajstić information content (AvgIpc) is 2.64. The molecule has 15 heavy (non-hydrogen) atoms. The molecule has 0 amide bonds. The van der Waals surface area contributed by atoms with Crippen LogP contribution in [0.3, 0.4) is 0 Å². The zero-order valence-electron chi connectivity index (χ0n) is 8.68. The molecule has 0 bridgehead atoms. The molecular weight excluding hydrogens is 210 g/mol. The van der Waals surface area contributed by atoms with Gasteiger partial charge in [-0.3, -0.25) is 0 Å². The van der Waals surface area contributed by atoms with Gasteiger partial charge < -0.3 is 10.7 Å². The Bertz CT molecular complexity index is 476. The number of H-pyrrole nitrogens is 1. The molecule has 80 valence electrons. The van der Waals surface area contributed by atoms with Gasteiger partial charge in [0.25, 0.3) is 0 Å². The van der Waals surface area contributed by atoms with E-state index in [9.17, 15) is 0 Å². The Hall–Kier alpha value is -1.06. The summed E-state index contributed by atoms with van der Waals surface area (Å²) in [6.07, 6.45) is 1.84. The lowest BCUT2D eigenvalue weighted by Gasteiger charge is -1.96. The third-order valence-corrected chi connectivity index (χ3v) is 2.92. The van der Waals surface area contributed by atoms with E-state index in [0.29, 0.717) is 6.54 Å². The SMILES string of the molecule is Cc1c(Cl)ccc2[nH]c(CCCN)nc12. The van der Waals surface area contributed by atoms with Crippen LogP contribution in [-0.4, -0.2) is 16.5 Å². The standard InChI is InChI=1S/C11H14ClN3/c1-7-8(12)4-5-9-11(7)15-10(14-9)3-2-6-13/h4-5H,2-3,6,13H2,1H3,(H,14,15). The highest BCUT2D eigenvalue weighted by Crippen LogP contribution is 2.23. The molecule has 0 saturated heterocycles. The van der Waals surface area contributed by atoms with Crippen LogP contribution in [0.2, 0.25) is 5.02 Å². The minimum absolute atomic E-state index is 0.691. The first kappa shape index (κ1) is 10.5. The quantitative estimate of drug-likeness (QED) is 0.840. The molecule has 0 fully saturated rings. The number of hydrogen-bond acceptors (Lipinski definition) is 2. The van der Waals surface area contributed by atoms with Gasteiger partial charge in [-0.05, 0) is 37.6 Å². The van der Waals surface area contributed by atoms with Gasteiger partial charge in [-0.25, -0.2) is 4.98 Å². The smallest absolute Gasteiger partial charge is 0.107 e. The van der Waals surface area contributed by atoms with Gasteiger partial charge in [-0.2, -0.15) is 0 Å². The average molecular weight is 224 g/mol. The molecule has 4 heteroatoms. The van der Waals surface area contributed by atoms with Gasteiger partial charge in [-0.15, -0.1) is 0 Å². The molecule has 1 heterocycles. The Morgan fingerprint density at radius 2 is 2.27 bits per heavy atom. The molecule has 0 unspecified atom stereocenters. The topological polar surface area (TPSA) is 54.7 Å². The summed E-state index contributed by atoms with van der Waals surface area (Å²) in [7, 11) is 0. The number of rotatable bonds is 3. The maximum Gasteiger partial charge on any atom is 0.107 e. The number of nitrogens with two attached hydrogens (primary N) is 1. The van der Waals surface area contributed by atoms with Crippen LogP contribution in [0.4, 0.5) is 0 Å². The number of aromatic amines is 1. The lowest BCUT2D eigenvalue weighted by Crippen LogP contribution is -2.01. The first-order chi connectivity index (χ1) is 7.22. The number of hydrogen-bond donors (Lipinski definition) is 2. The molecule has 0 spiro atoms. The van der Waals surface area contributed by atoms with Gasteiger partial charge in [0, 0.05) is 11.4 Å². The van der Waals surface area contributed by atoms with E-state index in [1.807, 2.05) is 19.1 Å². The summed E-state index contributed by atoms with van der Waals surface area (Å²) in [4.78, 5) is 7.79. The molecular formula is C11H14ClN3. The highest BCUT2D eigenvalue weighted by Gasteiger charge is 2.06. The fourth-order valence-electron chi connectivity index (χ4n) is 1.63. The van der Waals surface area contributed by atoms with Gasteiger partial charge in [0.2, 0.25) is 0 Å². The van der Waals surface area contributed by atoms with Crippen molar-refractivity contribution in [1.82, 2.24) is 9.97 Å². The van der Waals surface area contributed by atoms with Crippen LogP contribution in [-0.2, 0) is 6.42 Å². The molecule has 0 saturated carbocycles. The Morgan fingerprint density at radius 3 is 3.00 bits per heavy atom. The molecule has 0 aliphatic carbocycles. The van der Waals surface area contributed by atoms with Gasteiger partial charge in [-0.1, -0.05) is 11.6 Å². The maximum atomic E-state index is 6.03. The van der Waals surface area contributed by atoms with Gasteiger partial charge >= 0.3 is 0 Å². The number of aryl methyl sites for hydroxylation is 2. The van der Waals surface area contributed by atoms with Crippen molar-refractivity contribution in [1.29, 1.82) is 0 Å². The van der Waals surface area contributed by atoms with Crippen molar-refractivity contribution in [3.05, 3.63) is 28.5 Å². The Kier molecular flexibility index (Phi) is 2.93. The number of nitrogens with zero attached hydrogens (tertiary/aromatic N) is 1. The molecule has 3 nitrogen and oxygen atoms in total. The van der Waals surface area contributed by atoms with Crippen molar-refractivity contribution in [2.24, 2.45) is 5.73 Å². The highest BCUT2D eigenvalue weighted by atomic mass is 35.5. The second kappa shape index (κ2) is 4.21. The summed E-state index contributed by atoms with van der Waals surface area (Å²) in [5.41, 5.74) is 8.51. The second-order valence-electron chi connectivity index (χ2n) is 3.64. The summed E-state index contributed by atoms with van der Waals surface area (Å²) < 4.78 is 0. The number of imidazole rings is 1. The van der Waals surface area contributed by atoms with Crippen LogP contribution in [0.15, 0.2) is 12.1 Å². The molecule has 2 aromatic rings. The Balaban J connectivity index is 2.42. The first-order valence-corrected chi connectivity index (χ1v) is 5.44. The monoisotopic (exact) mass is 223 g/mol. The van der Waals surface area contributed by atoms with Crippen molar-refractivity contribution >= 4 is 22.6 Å². The normalized spacial score (nSPS) is 11.1. The van der Waals surface area contributed by atoms with Crippen molar-refractivity contribution in [3.8, 4) is 0 Å². The number of benzene rings is 1. The van der Waals surface area contributed by atoms with Crippen LogP contribution in [0.1, 0.15) is 17.8 Å². The second-order valence-corrected chi connectivity index (χ2v) is 4.05. The van der Waals surface area contributed by atoms with E-state index in [4.69, 9.17) is 17.3 Å². The number of fused-ring (bicyclic) bond motifs is 1. The van der Waals surface area contributed by atoms with Crippen LogP contribution < -0.4 is 5.73 Å². The van der Waals surface area contributed by atoms with E-state index < -0.39 is 0 Å². The van der Waals surface area contributed by atoms with E-state index in [-0.39, 0.29) is 0 Å². The van der Waals surface area contributed by atoms with Crippen molar-refractivity contribution in [2.75, 3.05) is 6.54 Å². The number of nitrogens with one attached hydrogen (secondary N) is 1.